The monoisotopic (exact) mass is 474 g/mol. The minimum atomic E-state index is -4.01. The number of carbonyl (C=O) groups excluding carboxylic acids is 1. The van der Waals surface area contributed by atoms with Gasteiger partial charge in [0.05, 0.1) is 38.3 Å². The first-order valence-corrected chi connectivity index (χ1v) is 11.2. The van der Waals surface area contributed by atoms with Gasteiger partial charge >= 0.3 is 0 Å². The molecule has 0 unspecified atom stereocenters. The lowest BCUT2D eigenvalue weighted by Gasteiger charge is -2.14. The number of anilines is 2. The van der Waals surface area contributed by atoms with Gasteiger partial charge < -0.3 is 19.5 Å². The molecular weight excluding hydrogens is 451 g/mol. The maximum absolute atomic E-state index is 13.1. The lowest BCUT2D eigenvalue weighted by molar-refractivity contribution is -0.115. The standard InChI is InChI=1S/C23H23FN2O6S/c1-30-18-8-4-15(22(14-18)32-3)12-23(27)25-17-7-11-21(31-2)20(13-17)26-33(28,29)19-9-5-16(24)6-10-19/h4-11,13-14,26H,12H2,1-3H3,(H,25,27). The molecule has 0 aliphatic rings. The fourth-order valence-electron chi connectivity index (χ4n) is 3.06. The molecule has 0 atom stereocenters. The van der Waals surface area contributed by atoms with Crippen molar-refractivity contribution in [1.82, 2.24) is 0 Å². The van der Waals surface area contributed by atoms with E-state index in [2.05, 4.69) is 10.0 Å². The van der Waals surface area contributed by atoms with Gasteiger partial charge in [0.1, 0.15) is 23.1 Å². The van der Waals surface area contributed by atoms with E-state index in [9.17, 15) is 17.6 Å². The molecule has 0 radical (unpaired) electrons. The Morgan fingerprint density at radius 1 is 0.879 bits per heavy atom. The van der Waals surface area contributed by atoms with Crippen LogP contribution in [0.2, 0.25) is 0 Å². The first kappa shape index (κ1) is 23.9. The second-order valence-electron chi connectivity index (χ2n) is 6.88. The Hall–Kier alpha value is -3.79. The van der Waals surface area contributed by atoms with Crippen LogP contribution in [0.1, 0.15) is 5.56 Å². The van der Waals surface area contributed by atoms with Crippen LogP contribution in [0.25, 0.3) is 0 Å². The number of rotatable bonds is 9. The number of benzene rings is 3. The van der Waals surface area contributed by atoms with Crippen molar-refractivity contribution in [2.75, 3.05) is 31.4 Å². The summed E-state index contributed by atoms with van der Waals surface area (Å²) in [6.45, 7) is 0. The number of hydrogen-bond acceptors (Lipinski definition) is 6. The molecule has 0 fully saturated rings. The number of methoxy groups -OCH3 is 3. The fraction of sp³-hybridized carbons (Fsp3) is 0.174. The highest BCUT2D eigenvalue weighted by Crippen LogP contribution is 2.31. The second kappa shape index (κ2) is 10.2. The SMILES string of the molecule is COc1ccc(CC(=O)Nc2ccc(OC)c(NS(=O)(=O)c3ccc(F)cc3)c2)c(OC)c1. The molecule has 3 aromatic carbocycles. The van der Waals surface area contributed by atoms with Crippen molar-refractivity contribution in [3.05, 3.63) is 72.0 Å². The number of nitrogens with one attached hydrogen (secondary N) is 2. The van der Waals surface area contributed by atoms with E-state index >= 15 is 0 Å². The summed E-state index contributed by atoms with van der Waals surface area (Å²) in [6.07, 6.45) is 0.0236. The molecule has 0 heterocycles. The summed E-state index contributed by atoms with van der Waals surface area (Å²) < 4.78 is 56.6. The molecule has 2 N–H and O–H groups in total. The smallest absolute Gasteiger partial charge is 0.262 e. The van der Waals surface area contributed by atoms with Crippen molar-refractivity contribution >= 4 is 27.3 Å². The number of halogens is 1. The summed E-state index contributed by atoms with van der Waals surface area (Å²) >= 11 is 0. The Morgan fingerprint density at radius 3 is 2.21 bits per heavy atom. The molecular formula is C23H23FN2O6S. The van der Waals surface area contributed by atoms with E-state index in [1.54, 1.807) is 24.3 Å². The van der Waals surface area contributed by atoms with Gasteiger partial charge in [-0.25, -0.2) is 12.8 Å². The second-order valence-corrected chi connectivity index (χ2v) is 8.56. The zero-order valence-electron chi connectivity index (χ0n) is 18.2. The molecule has 0 saturated heterocycles. The Bertz CT molecular complexity index is 1250. The zero-order valence-corrected chi connectivity index (χ0v) is 19.0. The van der Waals surface area contributed by atoms with Crippen molar-refractivity contribution < 1.29 is 31.8 Å². The van der Waals surface area contributed by atoms with Crippen molar-refractivity contribution in [1.29, 1.82) is 0 Å². The van der Waals surface area contributed by atoms with Crippen molar-refractivity contribution in [3.8, 4) is 17.2 Å². The molecule has 0 aliphatic carbocycles. The molecule has 3 rings (SSSR count). The predicted octanol–water partition coefficient (Wildman–Crippen LogP) is 3.83. The molecule has 8 nitrogen and oxygen atoms in total. The topological polar surface area (TPSA) is 103 Å². The molecule has 0 aliphatic heterocycles. The van der Waals surface area contributed by atoms with Crippen LogP contribution >= 0.6 is 0 Å². The summed E-state index contributed by atoms with van der Waals surface area (Å²) in [5.41, 5.74) is 1.12. The van der Waals surface area contributed by atoms with Crippen LogP contribution in [-0.2, 0) is 21.2 Å². The molecule has 33 heavy (non-hydrogen) atoms. The van der Waals surface area contributed by atoms with Gasteiger partial charge in [-0.2, -0.15) is 0 Å². The molecule has 0 bridgehead atoms. The highest BCUT2D eigenvalue weighted by Gasteiger charge is 2.18. The van der Waals surface area contributed by atoms with Gasteiger partial charge in [-0.15, -0.1) is 0 Å². The minimum Gasteiger partial charge on any atom is -0.497 e. The van der Waals surface area contributed by atoms with Gasteiger partial charge in [-0.3, -0.25) is 9.52 Å². The van der Waals surface area contributed by atoms with Crippen LogP contribution in [0.5, 0.6) is 17.2 Å². The third-order valence-corrected chi connectivity index (χ3v) is 6.08. The van der Waals surface area contributed by atoms with Crippen molar-refractivity contribution in [2.24, 2.45) is 0 Å². The van der Waals surface area contributed by atoms with Crippen LogP contribution in [0.15, 0.2) is 65.6 Å². The first-order valence-electron chi connectivity index (χ1n) is 9.73. The number of sulfonamides is 1. The van der Waals surface area contributed by atoms with Gasteiger partial charge in [0.2, 0.25) is 5.91 Å². The molecule has 0 spiro atoms. The summed E-state index contributed by atoms with van der Waals surface area (Å²) in [5, 5.41) is 2.73. The number of hydrogen-bond donors (Lipinski definition) is 2. The maximum atomic E-state index is 13.1. The average Bonchev–Trinajstić information content (AvgIpc) is 2.79. The lowest BCUT2D eigenvalue weighted by Crippen LogP contribution is -2.16. The molecule has 1 amide bonds. The Morgan fingerprint density at radius 2 is 1.58 bits per heavy atom. The van der Waals surface area contributed by atoms with E-state index in [0.29, 0.717) is 22.7 Å². The normalized spacial score (nSPS) is 10.9. The van der Waals surface area contributed by atoms with Crippen LogP contribution < -0.4 is 24.2 Å². The Balaban J connectivity index is 1.79. The van der Waals surface area contributed by atoms with E-state index in [1.807, 2.05) is 0 Å². The van der Waals surface area contributed by atoms with Crippen molar-refractivity contribution in [3.63, 3.8) is 0 Å². The van der Waals surface area contributed by atoms with E-state index in [4.69, 9.17) is 14.2 Å². The summed E-state index contributed by atoms with van der Waals surface area (Å²) in [6, 6.07) is 14.1. The van der Waals surface area contributed by atoms with Crippen LogP contribution in [0, 0.1) is 5.82 Å². The summed E-state index contributed by atoms with van der Waals surface area (Å²) in [7, 11) is 0.412. The van der Waals surface area contributed by atoms with Gasteiger partial charge in [0.25, 0.3) is 10.0 Å². The van der Waals surface area contributed by atoms with Gasteiger partial charge in [0, 0.05) is 17.3 Å². The summed E-state index contributed by atoms with van der Waals surface area (Å²) in [5.74, 6) is 0.465. The molecule has 10 heteroatoms. The molecule has 3 aromatic rings. The van der Waals surface area contributed by atoms with E-state index < -0.39 is 15.8 Å². The highest BCUT2D eigenvalue weighted by atomic mass is 32.2. The minimum absolute atomic E-state index is 0.0236. The molecule has 0 saturated carbocycles. The highest BCUT2D eigenvalue weighted by molar-refractivity contribution is 7.92. The quantitative estimate of drug-likeness (QED) is 0.489. The lowest BCUT2D eigenvalue weighted by atomic mass is 10.1. The number of ether oxygens (including phenoxy) is 3. The van der Waals surface area contributed by atoms with E-state index in [1.165, 1.54) is 33.5 Å². The average molecular weight is 475 g/mol. The number of carbonyl (C=O) groups is 1. The third-order valence-electron chi connectivity index (χ3n) is 4.70. The zero-order chi connectivity index (χ0) is 24.0. The fourth-order valence-corrected chi connectivity index (χ4v) is 4.12. The predicted molar refractivity (Wildman–Crippen MR) is 122 cm³/mol. The van der Waals surface area contributed by atoms with Gasteiger partial charge in [-0.1, -0.05) is 6.07 Å². The van der Waals surface area contributed by atoms with Crippen LogP contribution in [0.4, 0.5) is 15.8 Å². The molecule has 174 valence electrons. The van der Waals surface area contributed by atoms with E-state index in [-0.39, 0.29) is 28.7 Å². The first-order chi connectivity index (χ1) is 15.7. The molecule has 0 aromatic heterocycles. The third kappa shape index (κ3) is 5.92. The van der Waals surface area contributed by atoms with Crippen LogP contribution in [-0.4, -0.2) is 35.7 Å². The maximum Gasteiger partial charge on any atom is 0.262 e. The Labute approximate surface area is 191 Å². The van der Waals surface area contributed by atoms with Crippen molar-refractivity contribution in [2.45, 2.75) is 11.3 Å². The van der Waals surface area contributed by atoms with E-state index in [0.717, 1.165) is 24.3 Å². The largest absolute Gasteiger partial charge is 0.497 e. The van der Waals surface area contributed by atoms with Gasteiger partial charge in [-0.05, 0) is 48.5 Å². The van der Waals surface area contributed by atoms with Gasteiger partial charge in [0.15, 0.2) is 0 Å². The van der Waals surface area contributed by atoms with Crippen LogP contribution in [0.3, 0.4) is 0 Å². The Kier molecular flexibility index (Phi) is 7.39. The summed E-state index contributed by atoms with van der Waals surface area (Å²) in [4.78, 5) is 12.5. The number of amides is 1.